The third kappa shape index (κ3) is 4.86. The highest BCUT2D eigenvalue weighted by Gasteiger charge is 2.17. The van der Waals surface area contributed by atoms with E-state index in [-0.39, 0.29) is 5.91 Å². The van der Waals surface area contributed by atoms with Crippen LogP contribution in [0.5, 0.6) is 23.0 Å². The van der Waals surface area contributed by atoms with E-state index in [1.54, 1.807) is 40.8 Å². The average Bonchev–Trinajstić information content (AvgIpc) is 3.30. The third-order valence-electron chi connectivity index (χ3n) is 5.98. The maximum Gasteiger partial charge on any atom is 0.248 e. The Kier molecular flexibility index (Phi) is 7.20. The molecule has 0 aliphatic carbocycles. The van der Waals surface area contributed by atoms with Gasteiger partial charge in [-0.05, 0) is 60.9 Å². The Bertz CT molecular complexity index is 1450. The first-order chi connectivity index (χ1) is 17.4. The van der Waals surface area contributed by atoms with Gasteiger partial charge in [0, 0.05) is 28.7 Å². The van der Waals surface area contributed by atoms with E-state index in [9.17, 15) is 4.79 Å². The monoisotopic (exact) mass is 487 g/mol. The lowest BCUT2D eigenvalue weighted by atomic mass is 9.99. The van der Waals surface area contributed by atoms with Gasteiger partial charge in [-0.15, -0.1) is 0 Å². The Morgan fingerprint density at radius 3 is 2.22 bits per heavy atom. The van der Waals surface area contributed by atoms with Crippen molar-refractivity contribution < 1.29 is 28.2 Å². The molecule has 186 valence electrons. The van der Waals surface area contributed by atoms with E-state index in [2.05, 4.69) is 5.32 Å². The van der Waals surface area contributed by atoms with Crippen LogP contribution < -0.4 is 24.3 Å². The number of nitrogens with one attached hydrogen (secondary N) is 1. The molecule has 4 aromatic rings. The summed E-state index contributed by atoms with van der Waals surface area (Å²) in [5, 5.41) is 3.79. The Labute approximate surface area is 210 Å². The normalized spacial score (nSPS) is 11.3. The maximum absolute atomic E-state index is 12.9. The van der Waals surface area contributed by atoms with Crippen LogP contribution in [0.25, 0.3) is 27.7 Å². The first-order valence-electron chi connectivity index (χ1n) is 11.3. The van der Waals surface area contributed by atoms with Crippen LogP contribution in [0, 0.1) is 6.92 Å². The SMILES string of the molecule is COc1ccc(C)cc1NC(=O)/C=C(\C)c1cc2c(-c3ccc(OC)c(OC)c3)coc2cc1OC. The summed E-state index contributed by atoms with van der Waals surface area (Å²) in [5.74, 6) is 2.19. The molecule has 1 amide bonds. The lowest BCUT2D eigenvalue weighted by Gasteiger charge is -2.12. The minimum absolute atomic E-state index is 0.272. The number of carbonyl (C=O) groups excluding carboxylic acids is 1. The van der Waals surface area contributed by atoms with Crippen molar-refractivity contribution in [2.45, 2.75) is 13.8 Å². The summed E-state index contributed by atoms with van der Waals surface area (Å²) in [5.41, 5.74) is 5.60. The highest BCUT2D eigenvalue weighted by molar-refractivity contribution is 6.06. The van der Waals surface area contributed by atoms with E-state index in [0.29, 0.717) is 34.3 Å². The van der Waals surface area contributed by atoms with Crippen LogP contribution in [0.4, 0.5) is 5.69 Å². The van der Waals surface area contributed by atoms with E-state index in [4.69, 9.17) is 23.4 Å². The summed E-state index contributed by atoms with van der Waals surface area (Å²) >= 11 is 0. The van der Waals surface area contributed by atoms with Gasteiger partial charge in [0.2, 0.25) is 5.91 Å². The van der Waals surface area contributed by atoms with Crippen molar-refractivity contribution >= 4 is 28.1 Å². The topological polar surface area (TPSA) is 79.2 Å². The summed E-state index contributed by atoms with van der Waals surface area (Å²) in [6.07, 6.45) is 3.24. The molecular formula is C29H29NO6. The summed E-state index contributed by atoms with van der Waals surface area (Å²) in [4.78, 5) is 12.9. The highest BCUT2D eigenvalue weighted by atomic mass is 16.5. The lowest BCUT2D eigenvalue weighted by Crippen LogP contribution is -2.10. The van der Waals surface area contributed by atoms with Crippen LogP contribution in [-0.2, 0) is 4.79 Å². The van der Waals surface area contributed by atoms with Gasteiger partial charge in [0.05, 0.1) is 40.4 Å². The fourth-order valence-electron chi connectivity index (χ4n) is 4.12. The first kappa shape index (κ1) is 24.7. The standard InChI is InChI=1S/C29H29NO6/c1-17-7-9-24(32-3)23(11-17)30-29(31)12-18(2)20-14-21-22(16-36-27(21)15-26(20)34-5)19-8-10-25(33-4)28(13-19)35-6/h7-16H,1-6H3,(H,30,31)/b18-12+. The highest BCUT2D eigenvalue weighted by Crippen LogP contribution is 2.40. The molecule has 0 bridgehead atoms. The molecule has 0 atom stereocenters. The number of furan rings is 1. The zero-order valence-corrected chi connectivity index (χ0v) is 21.2. The van der Waals surface area contributed by atoms with Crippen LogP contribution in [0.1, 0.15) is 18.1 Å². The van der Waals surface area contributed by atoms with Gasteiger partial charge >= 0.3 is 0 Å². The molecule has 1 heterocycles. The quantitative estimate of drug-likeness (QED) is 0.286. The number of carbonyl (C=O) groups is 1. The number of benzene rings is 3. The van der Waals surface area contributed by atoms with E-state index >= 15 is 0 Å². The molecule has 3 aromatic carbocycles. The van der Waals surface area contributed by atoms with Gasteiger partial charge in [-0.3, -0.25) is 4.79 Å². The maximum atomic E-state index is 12.9. The van der Waals surface area contributed by atoms with Gasteiger partial charge in [-0.25, -0.2) is 0 Å². The zero-order valence-electron chi connectivity index (χ0n) is 21.2. The number of allylic oxidation sites excluding steroid dienone is 1. The van der Waals surface area contributed by atoms with E-state index in [1.165, 1.54) is 0 Å². The second-order valence-electron chi connectivity index (χ2n) is 8.29. The summed E-state index contributed by atoms with van der Waals surface area (Å²) < 4.78 is 27.7. The lowest BCUT2D eigenvalue weighted by molar-refractivity contribution is -0.111. The minimum atomic E-state index is -0.272. The number of hydrogen-bond donors (Lipinski definition) is 1. The largest absolute Gasteiger partial charge is 0.496 e. The number of ether oxygens (including phenoxy) is 4. The predicted octanol–water partition coefficient (Wildman–Crippen LogP) is 6.48. The van der Waals surface area contributed by atoms with Crippen molar-refractivity contribution in [1.29, 1.82) is 0 Å². The number of aryl methyl sites for hydroxylation is 1. The van der Waals surface area contributed by atoms with Crippen molar-refractivity contribution in [3.8, 4) is 34.1 Å². The molecule has 4 rings (SSSR count). The van der Waals surface area contributed by atoms with Gasteiger partial charge in [0.1, 0.15) is 17.1 Å². The molecule has 0 aliphatic rings. The fourth-order valence-corrected chi connectivity index (χ4v) is 4.12. The number of rotatable bonds is 8. The smallest absolute Gasteiger partial charge is 0.248 e. The van der Waals surface area contributed by atoms with Crippen molar-refractivity contribution in [1.82, 2.24) is 0 Å². The van der Waals surface area contributed by atoms with Crippen LogP contribution in [-0.4, -0.2) is 34.3 Å². The first-order valence-corrected chi connectivity index (χ1v) is 11.3. The summed E-state index contributed by atoms with van der Waals surface area (Å²) in [6.45, 7) is 3.82. The van der Waals surface area contributed by atoms with Gasteiger partial charge in [0.15, 0.2) is 11.5 Å². The van der Waals surface area contributed by atoms with Crippen molar-refractivity contribution in [2.75, 3.05) is 33.8 Å². The third-order valence-corrected chi connectivity index (χ3v) is 5.98. The summed E-state index contributed by atoms with van der Waals surface area (Å²) in [6, 6.07) is 15.1. The molecule has 0 aliphatic heterocycles. The minimum Gasteiger partial charge on any atom is -0.496 e. The van der Waals surface area contributed by atoms with Gasteiger partial charge in [0.25, 0.3) is 0 Å². The molecule has 0 saturated heterocycles. The van der Waals surface area contributed by atoms with Crippen molar-refractivity contribution in [2.24, 2.45) is 0 Å². The number of methoxy groups -OCH3 is 4. The molecule has 0 spiro atoms. The molecular weight excluding hydrogens is 458 g/mol. The molecule has 1 N–H and O–H groups in total. The van der Waals surface area contributed by atoms with Gasteiger partial charge in [-0.2, -0.15) is 0 Å². The van der Waals surface area contributed by atoms with Gasteiger partial charge in [-0.1, -0.05) is 12.1 Å². The van der Waals surface area contributed by atoms with Crippen LogP contribution in [0.2, 0.25) is 0 Å². The predicted molar refractivity (Wildman–Crippen MR) is 141 cm³/mol. The Morgan fingerprint density at radius 1 is 0.833 bits per heavy atom. The molecule has 0 saturated carbocycles. The Morgan fingerprint density at radius 2 is 1.53 bits per heavy atom. The number of amides is 1. The van der Waals surface area contributed by atoms with Gasteiger partial charge < -0.3 is 28.7 Å². The van der Waals surface area contributed by atoms with E-state index < -0.39 is 0 Å². The number of hydrogen-bond acceptors (Lipinski definition) is 6. The second-order valence-corrected chi connectivity index (χ2v) is 8.29. The number of fused-ring (bicyclic) bond motifs is 1. The fraction of sp³-hybridized carbons (Fsp3) is 0.207. The molecule has 7 nitrogen and oxygen atoms in total. The molecule has 0 unspecified atom stereocenters. The Hall–Kier alpha value is -4.39. The molecule has 36 heavy (non-hydrogen) atoms. The zero-order chi connectivity index (χ0) is 25.8. The van der Waals surface area contributed by atoms with Crippen LogP contribution in [0.15, 0.2) is 65.3 Å². The molecule has 0 radical (unpaired) electrons. The van der Waals surface area contributed by atoms with E-state index in [0.717, 1.165) is 33.2 Å². The molecule has 7 heteroatoms. The van der Waals surface area contributed by atoms with Crippen LogP contribution in [0.3, 0.4) is 0 Å². The molecule has 1 aromatic heterocycles. The summed E-state index contributed by atoms with van der Waals surface area (Å²) in [7, 11) is 6.36. The second kappa shape index (κ2) is 10.5. The van der Waals surface area contributed by atoms with E-state index in [1.807, 2.05) is 62.4 Å². The van der Waals surface area contributed by atoms with Crippen molar-refractivity contribution in [3.63, 3.8) is 0 Å². The van der Waals surface area contributed by atoms with Crippen molar-refractivity contribution in [3.05, 3.63) is 72.0 Å². The number of anilines is 1. The average molecular weight is 488 g/mol. The Balaban J connectivity index is 1.72. The molecule has 0 fully saturated rings. The van der Waals surface area contributed by atoms with Crippen LogP contribution >= 0.6 is 0 Å².